The molecule has 0 unspecified atom stereocenters. The van der Waals surface area contributed by atoms with Gasteiger partial charge in [-0.1, -0.05) is 0 Å². The third-order valence-electron chi connectivity index (χ3n) is 1.27. The summed E-state index contributed by atoms with van der Waals surface area (Å²) in [6.07, 6.45) is 2.42. The molecule has 44 valence electrons. The average Bonchev–Trinajstić information content (AvgIpc) is 1.77. The highest BCUT2D eigenvalue weighted by molar-refractivity contribution is 5.77. The fourth-order valence-corrected chi connectivity index (χ4v) is 0.622. The van der Waals surface area contributed by atoms with E-state index in [1.165, 1.54) is 6.21 Å². The second kappa shape index (κ2) is 1.99. The summed E-state index contributed by atoms with van der Waals surface area (Å²) >= 11 is 0. The molecule has 0 amide bonds. The fraction of sp³-hybridized carbons (Fsp3) is 0.500. The van der Waals surface area contributed by atoms with E-state index in [-0.39, 0.29) is 0 Å². The molecule has 0 aliphatic carbocycles. The summed E-state index contributed by atoms with van der Waals surface area (Å²) in [5, 5.41) is 8.91. The number of rotatable bonds is 0. The summed E-state index contributed by atoms with van der Waals surface area (Å²) in [4.78, 5) is 3.88. The van der Waals surface area contributed by atoms with Gasteiger partial charge in [-0.3, -0.25) is 4.99 Å². The molecule has 2 heteroatoms. The van der Waals surface area contributed by atoms with Crippen LogP contribution >= 0.6 is 0 Å². The van der Waals surface area contributed by atoms with Crippen molar-refractivity contribution in [3.8, 4) is 0 Å². The lowest BCUT2D eigenvalue weighted by molar-refractivity contribution is 0.434. The van der Waals surface area contributed by atoms with Crippen molar-refractivity contribution in [2.24, 2.45) is 4.99 Å². The minimum atomic E-state index is 0.344. The minimum Gasteiger partial charge on any atom is -0.506 e. The van der Waals surface area contributed by atoms with Gasteiger partial charge in [-0.25, -0.2) is 0 Å². The molecule has 1 heterocycles. The summed E-state index contributed by atoms with van der Waals surface area (Å²) in [5.41, 5.74) is 1.04. The summed E-state index contributed by atoms with van der Waals surface area (Å²) in [5.74, 6) is 0.344. The predicted molar refractivity (Wildman–Crippen MR) is 33.3 cm³/mol. The molecule has 0 aromatic carbocycles. The molecule has 0 saturated heterocycles. The molecule has 0 saturated carbocycles. The van der Waals surface area contributed by atoms with Gasteiger partial charge in [0.15, 0.2) is 0 Å². The lowest BCUT2D eigenvalue weighted by atomic mass is 10.1. The van der Waals surface area contributed by atoms with E-state index in [1.807, 2.05) is 6.92 Å². The number of aliphatic imine (C=N–C) groups is 1. The normalized spacial score (nSPS) is 19.6. The van der Waals surface area contributed by atoms with Crippen LogP contribution in [0.3, 0.4) is 0 Å². The van der Waals surface area contributed by atoms with E-state index >= 15 is 0 Å². The molecule has 0 spiro atoms. The monoisotopic (exact) mass is 111 g/mol. The summed E-state index contributed by atoms with van der Waals surface area (Å²) < 4.78 is 0. The summed E-state index contributed by atoms with van der Waals surface area (Å²) in [6, 6.07) is 0. The largest absolute Gasteiger partial charge is 0.506 e. The van der Waals surface area contributed by atoms with Crippen molar-refractivity contribution >= 4 is 6.21 Å². The van der Waals surface area contributed by atoms with E-state index < -0.39 is 0 Å². The first kappa shape index (κ1) is 5.35. The van der Waals surface area contributed by atoms with Crippen LogP contribution in [0.1, 0.15) is 13.3 Å². The van der Waals surface area contributed by atoms with E-state index in [2.05, 4.69) is 4.99 Å². The SMILES string of the molecule is CC1=C(O)C=NCC1. The van der Waals surface area contributed by atoms with Gasteiger partial charge in [0.2, 0.25) is 0 Å². The van der Waals surface area contributed by atoms with Crippen LogP contribution < -0.4 is 0 Å². The maximum atomic E-state index is 8.91. The average molecular weight is 111 g/mol. The second-order valence-corrected chi connectivity index (χ2v) is 1.95. The molecule has 0 bridgehead atoms. The van der Waals surface area contributed by atoms with Crippen molar-refractivity contribution in [2.45, 2.75) is 13.3 Å². The van der Waals surface area contributed by atoms with Gasteiger partial charge in [0.1, 0.15) is 5.76 Å². The van der Waals surface area contributed by atoms with E-state index in [0.29, 0.717) is 5.76 Å². The number of dihydropyridines is 1. The van der Waals surface area contributed by atoms with E-state index in [4.69, 9.17) is 5.11 Å². The van der Waals surface area contributed by atoms with E-state index in [9.17, 15) is 0 Å². The van der Waals surface area contributed by atoms with Crippen molar-refractivity contribution in [3.63, 3.8) is 0 Å². The van der Waals surface area contributed by atoms with Crippen LogP contribution in [0, 0.1) is 0 Å². The molecule has 8 heavy (non-hydrogen) atoms. The Morgan fingerprint density at radius 2 is 2.50 bits per heavy atom. The van der Waals surface area contributed by atoms with Gasteiger partial charge < -0.3 is 5.11 Å². The highest BCUT2D eigenvalue weighted by Crippen LogP contribution is 2.07. The Bertz CT molecular complexity index is 147. The summed E-state index contributed by atoms with van der Waals surface area (Å²) in [6.45, 7) is 2.75. The quantitative estimate of drug-likeness (QED) is 0.502. The highest BCUT2D eigenvalue weighted by atomic mass is 16.3. The zero-order valence-corrected chi connectivity index (χ0v) is 4.89. The first-order valence-corrected chi connectivity index (χ1v) is 2.69. The molecule has 0 fully saturated rings. The van der Waals surface area contributed by atoms with Crippen LogP contribution in [-0.2, 0) is 0 Å². The van der Waals surface area contributed by atoms with Crippen molar-refractivity contribution in [1.82, 2.24) is 0 Å². The maximum Gasteiger partial charge on any atom is 0.132 e. The van der Waals surface area contributed by atoms with Gasteiger partial charge in [-0.15, -0.1) is 0 Å². The third-order valence-corrected chi connectivity index (χ3v) is 1.27. The Morgan fingerprint density at radius 1 is 1.75 bits per heavy atom. The van der Waals surface area contributed by atoms with Gasteiger partial charge in [0.25, 0.3) is 0 Å². The Balaban J connectivity index is 2.76. The van der Waals surface area contributed by atoms with Crippen LogP contribution in [0.4, 0.5) is 0 Å². The number of nitrogens with zero attached hydrogens (tertiary/aromatic N) is 1. The van der Waals surface area contributed by atoms with Crippen LogP contribution in [0.25, 0.3) is 0 Å². The first-order valence-electron chi connectivity index (χ1n) is 2.69. The molecule has 0 aromatic rings. The Morgan fingerprint density at radius 3 is 2.88 bits per heavy atom. The molecular formula is C6H9NO. The van der Waals surface area contributed by atoms with Crippen molar-refractivity contribution in [1.29, 1.82) is 0 Å². The first-order chi connectivity index (χ1) is 3.80. The topological polar surface area (TPSA) is 32.6 Å². The van der Waals surface area contributed by atoms with Crippen LogP contribution in [0.5, 0.6) is 0 Å². The molecule has 1 rings (SSSR count). The molecule has 0 radical (unpaired) electrons. The molecule has 1 aliphatic rings. The standard InChI is InChI=1S/C6H9NO/c1-5-2-3-7-4-6(5)8/h4,8H,2-3H2,1H3. The zero-order valence-electron chi connectivity index (χ0n) is 4.89. The number of hydrogen-bond donors (Lipinski definition) is 1. The number of aliphatic hydroxyl groups is 1. The lowest BCUT2D eigenvalue weighted by Gasteiger charge is -2.04. The van der Waals surface area contributed by atoms with Crippen LogP contribution in [-0.4, -0.2) is 17.9 Å². The minimum absolute atomic E-state index is 0.344. The van der Waals surface area contributed by atoms with Gasteiger partial charge in [-0.2, -0.15) is 0 Å². The Labute approximate surface area is 48.6 Å². The second-order valence-electron chi connectivity index (χ2n) is 1.95. The van der Waals surface area contributed by atoms with Gasteiger partial charge in [0.05, 0.1) is 6.21 Å². The van der Waals surface area contributed by atoms with Crippen molar-refractivity contribution in [2.75, 3.05) is 6.54 Å². The van der Waals surface area contributed by atoms with Crippen molar-refractivity contribution in [3.05, 3.63) is 11.3 Å². The number of allylic oxidation sites excluding steroid dienone is 1. The highest BCUT2D eigenvalue weighted by Gasteiger charge is 2.00. The van der Waals surface area contributed by atoms with Gasteiger partial charge in [-0.05, 0) is 18.9 Å². The lowest BCUT2D eigenvalue weighted by Crippen LogP contribution is -1.98. The molecule has 0 atom stereocenters. The maximum absolute atomic E-state index is 8.91. The number of hydrogen-bond acceptors (Lipinski definition) is 2. The Kier molecular flexibility index (Phi) is 1.33. The van der Waals surface area contributed by atoms with Gasteiger partial charge in [0, 0.05) is 6.54 Å². The van der Waals surface area contributed by atoms with Crippen LogP contribution in [0.2, 0.25) is 0 Å². The molecule has 2 nitrogen and oxygen atoms in total. The van der Waals surface area contributed by atoms with Crippen LogP contribution in [0.15, 0.2) is 16.3 Å². The van der Waals surface area contributed by atoms with E-state index in [1.54, 1.807) is 0 Å². The molecule has 1 N–H and O–H groups in total. The molecule has 1 aliphatic heterocycles. The number of aliphatic hydroxyl groups excluding tert-OH is 1. The van der Waals surface area contributed by atoms with Gasteiger partial charge >= 0.3 is 0 Å². The van der Waals surface area contributed by atoms with Crippen molar-refractivity contribution < 1.29 is 5.11 Å². The Hall–Kier alpha value is -0.790. The third kappa shape index (κ3) is 0.886. The fourth-order valence-electron chi connectivity index (χ4n) is 0.622. The predicted octanol–water partition coefficient (Wildman–Crippen LogP) is 1.29. The zero-order chi connectivity index (χ0) is 5.98. The molecular weight excluding hydrogens is 102 g/mol. The smallest absolute Gasteiger partial charge is 0.132 e. The molecule has 0 aromatic heterocycles. The summed E-state index contributed by atoms with van der Waals surface area (Å²) in [7, 11) is 0. The van der Waals surface area contributed by atoms with E-state index in [0.717, 1.165) is 18.5 Å².